The van der Waals surface area contributed by atoms with Crippen molar-refractivity contribution in [3.8, 4) is 0 Å². The number of fused-ring (bicyclic) bond motifs is 1. The van der Waals surface area contributed by atoms with Gasteiger partial charge in [-0.05, 0) is 30.3 Å². The van der Waals surface area contributed by atoms with Crippen LogP contribution in [0.5, 0.6) is 0 Å². The highest BCUT2D eigenvalue weighted by molar-refractivity contribution is 7.91. The molecular formula is C15H14ClN3O2S. The Labute approximate surface area is 133 Å². The molecule has 2 N–H and O–H groups in total. The third kappa shape index (κ3) is 2.49. The second-order valence-corrected chi connectivity index (χ2v) is 7.10. The monoisotopic (exact) mass is 335 g/mol. The van der Waals surface area contributed by atoms with E-state index >= 15 is 0 Å². The summed E-state index contributed by atoms with van der Waals surface area (Å²) >= 11 is 6.01. The lowest BCUT2D eigenvalue weighted by Crippen LogP contribution is -2.12. The topological polar surface area (TPSA) is 78.0 Å². The SMILES string of the molecule is NCCn1nc(S(=O)(=O)c2ccccc2)c2ccc(Cl)cc21. The van der Waals surface area contributed by atoms with Gasteiger partial charge in [-0.3, -0.25) is 4.68 Å². The summed E-state index contributed by atoms with van der Waals surface area (Å²) in [7, 11) is -3.69. The van der Waals surface area contributed by atoms with Gasteiger partial charge in [0.15, 0.2) is 5.03 Å². The van der Waals surface area contributed by atoms with Crippen LogP contribution in [0.2, 0.25) is 5.02 Å². The second-order valence-electron chi connectivity index (χ2n) is 4.79. The molecule has 0 radical (unpaired) electrons. The van der Waals surface area contributed by atoms with Crippen molar-refractivity contribution < 1.29 is 8.42 Å². The maximum absolute atomic E-state index is 12.8. The molecule has 0 spiro atoms. The number of rotatable bonds is 4. The molecule has 1 heterocycles. The quantitative estimate of drug-likeness (QED) is 0.794. The van der Waals surface area contributed by atoms with Gasteiger partial charge in [0.05, 0.1) is 17.0 Å². The molecule has 0 amide bonds. The predicted molar refractivity (Wildman–Crippen MR) is 85.7 cm³/mol. The van der Waals surface area contributed by atoms with Crippen LogP contribution in [0, 0.1) is 0 Å². The van der Waals surface area contributed by atoms with E-state index in [0.29, 0.717) is 29.0 Å². The van der Waals surface area contributed by atoms with E-state index in [2.05, 4.69) is 5.10 Å². The maximum atomic E-state index is 12.8. The van der Waals surface area contributed by atoms with E-state index in [-0.39, 0.29) is 9.92 Å². The van der Waals surface area contributed by atoms with Crippen molar-refractivity contribution in [1.82, 2.24) is 9.78 Å². The first-order valence-electron chi connectivity index (χ1n) is 6.70. The minimum absolute atomic E-state index is 0.0267. The number of hydrogen-bond donors (Lipinski definition) is 1. The summed E-state index contributed by atoms with van der Waals surface area (Å²) in [5, 5.41) is 5.35. The van der Waals surface area contributed by atoms with E-state index in [9.17, 15) is 8.42 Å². The zero-order valence-corrected chi connectivity index (χ0v) is 13.2. The Morgan fingerprint density at radius 3 is 2.55 bits per heavy atom. The first-order chi connectivity index (χ1) is 10.5. The number of sulfone groups is 1. The van der Waals surface area contributed by atoms with Crippen LogP contribution in [0.4, 0.5) is 0 Å². The van der Waals surface area contributed by atoms with Crippen molar-refractivity contribution in [3.63, 3.8) is 0 Å². The van der Waals surface area contributed by atoms with Crippen molar-refractivity contribution >= 4 is 32.3 Å². The molecular weight excluding hydrogens is 322 g/mol. The maximum Gasteiger partial charge on any atom is 0.226 e. The molecule has 3 rings (SSSR count). The molecule has 0 aliphatic heterocycles. The van der Waals surface area contributed by atoms with Gasteiger partial charge in [0.1, 0.15) is 0 Å². The van der Waals surface area contributed by atoms with E-state index in [0.717, 1.165) is 0 Å². The summed E-state index contributed by atoms with van der Waals surface area (Å²) in [5.41, 5.74) is 6.24. The smallest absolute Gasteiger partial charge is 0.226 e. The minimum atomic E-state index is -3.69. The first kappa shape index (κ1) is 15.0. The van der Waals surface area contributed by atoms with Crippen molar-refractivity contribution in [2.75, 3.05) is 6.54 Å². The minimum Gasteiger partial charge on any atom is -0.329 e. The van der Waals surface area contributed by atoms with Gasteiger partial charge in [0.2, 0.25) is 9.84 Å². The van der Waals surface area contributed by atoms with Gasteiger partial charge < -0.3 is 5.73 Å². The number of nitrogens with zero attached hydrogens (tertiary/aromatic N) is 2. The first-order valence-corrected chi connectivity index (χ1v) is 8.56. The molecule has 0 aliphatic rings. The average Bonchev–Trinajstić information content (AvgIpc) is 2.87. The number of hydrogen-bond acceptors (Lipinski definition) is 4. The molecule has 0 atom stereocenters. The highest BCUT2D eigenvalue weighted by Gasteiger charge is 2.25. The molecule has 2 aromatic carbocycles. The van der Waals surface area contributed by atoms with Crippen molar-refractivity contribution in [2.24, 2.45) is 5.73 Å². The van der Waals surface area contributed by atoms with Gasteiger partial charge in [0.25, 0.3) is 0 Å². The summed E-state index contributed by atoms with van der Waals surface area (Å²) in [6.07, 6.45) is 0. The molecule has 114 valence electrons. The normalized spacial score (nSPS) is 11.9. The fraction of sp³-hybridized carbons (Fsp3) is 0.133. The largest absolute Gasteiger partial charge is 0.329 e. The molecule has 0 saturated heterocycles. The van der Waals surface area contributed by atoms with Gasteiger partial charge in [0, 0.05) is 17.0 Å². The van der Waals surface area contributed by atoms with Crippen molar-refractivity contribution in [1.29, 1.82) is 0 Å². The van der Waals surface area contributed by atoms with Crippen LogP contribution in [-0.4, -0.2) is 24.7 Å². The zero-order chi connectivity index (χ0) is 15.7. The molecule has 1 aromatic heterocycles. The van der Waals surface area contributed by atoms with Crippen LogP contribution < -0.4 is 5.73 Å². The van der Waals surface area contributed by atoms with Crippen LogP contribution in [0.15, 0.2) is 58.5 Å². The van der Waals surface area contributed by atoms with Gasteiger partial charge >= 0.3 is 0 Å². The highest BCUT2D eigenvalue weighted by Crippen LogP contribution is 2.29. The molecule has 0 fully saturated rings. The number of nitrogens with two attached hydrogens (primary N) is 1. The summed E-state index contributed by atoms with van der Waals surface area (Å²) in [4.78, 5) is 0.212. The number of halogens is 1. The van der Waals surface area contributed by atoms with Gasteiger partial charge in [-0.1, -0.05) is 29.8 Å². The summed E-state index contributed by atoms with van der Waals surface area (Å²) in [5.74, 6) is 0. The van der Waals surface area contributed by atoms with Crippen LogP contribution in [0.3, 0.4) is 0 Å². The summed E-state index contributed by atoms with van der Waals surface area (Å²) < 4.78 is 27.2. The lowest BCUT2D eigenvalue weighted by Gasteiger charge is -2.01. The fourth-order valence-electron chi connectivity index (χ4n) is 2.32. The van der Waals surface area contributed by atoms with Crippen LogP contribution in [-0.2, 0) is 16.4 Å². The fourth-order valence-corrected chi connectivity index (χ4v) is 3.89. The Morgan fingerprint density at radius 1 is 1.14 bits per heavy atom. The molecule has 22 heavy (non-hydrogen) atoms. The van der Waals surface area contributed by atoms with E-state index in [4.69, 9.17) is 17.3 Å². The lowest BCUT2D eigenvalue weighted by atomic mass is 10.2. The number of benzene rings is 2. The Kier molecular flexibility index (Phi) is 3.90. The van der Waals surface area contributed by atoms with Gasteiger partial charge in [-0.25, -0.2) is 8.42 Å². The Hall–Kier alpha value is -1.89. The third-order valence-corrected chi connectivity index (χ3v) is 5.27. The summed E-state index contributed by atoms with van der Waals surface area (Å²) in [6, 6.07) is 13.3. The van der Waals surface area contributed by atoms with E-state index in [1.165, 1.54) is 0 Å². The van der Waals surface area contributed by atoms with Crippen molar-refractivity contribution in [3.05, 3.63) is 53.6 Å². The van der Waals surface area contributed by atoms with E-state index < -0.39 is 9.84 Å². The Bertz CT molecular complexity index is 921. The molecule has 0 unspecified atom stereocenters. The van der Waals surface area contributed by atoms with Crippen molar-refractivity contribution in [2.45, 2.75) is 16.5 Å². The van der Waals surface area contributed by atoms with Gasteiger partial charge in [-0.2, -0.15) is 5.10 Å². The van der Waals surface area contributed by atoms with E-state index in [1.54, 1.807) is 53.2 Å². The predicted octanol–water partition coefficient (Wildman–Crippen LogP) is 2.48. The Balaban J connectivity index is 2.28. The van der Waals surface area contributed by atoms with Crippen LogP contribution in [0.25, 0.3) is 10.9 Å². The van der Waals surface area contributed by atoms with Gasteiger partial charge in [-0.15, -0.1) is 0 Å². The van der Waals surface area contributed by atoms with E-state index in [1.807, 2.05) is 0 Å². The number of aromatic nitrogens is 2. The Morgan fingerprint density at radius 2 is 1.86 bits per heavy atom. The van der Waals surface area contributed by atoms with Crippen LogP contribution in [0.1, 0.15) is 0 Å². The lowest BCUT2D eigenvalue weighted by molar-refractivity contribution is 0.580. The third-order valence-electron chi connectivity index (χ3n) is 3.33. The molecule has 7 heteroatoms. The molecule has 5 nitrogen and oxygen atoms in total. The standard InChI is InChI=1S/C15H14ClN3O2S/c16-11-6-7-13-14(10-11)19(9-8-17)18-15(13)22(20,21)12-4-2-1-3-5-12/h1-7,10H,8-9,17H2. The summed E-state index contributed by atoms with van der Waals surface area (Å²) in [6.45, 7) is 0.773. The van der Waals surface area contributed by atoms with Crippen LogP contribution >= 0.6 is 11.6 Å². The molecule has 0 saturated carbocycles. The average molecular weight is 336 g/mol. The second kappa shape index (κ2) is 5.72. The zero-order valence-electron chi connectivity index (χ0n) is 11.6. The molecule has 0 bridgehead atoms. The highest BCUT2D eigenvalue weighted by atomic mass is 35.5. The molecule has 3 aromatic rings. The molecule has 0 aliphatic carbocycles.